The van der Waals surface area contributed by atoms with Gasteiger partial charge >= 0.3 is 0 Å². The summed E-state index contributed by atoms with van der Waals surface area (Å²) in [6.45, 7) is 2.37. The van der Waals surface area contributed by atoms with Crippen LogP contribution in [0.25, 0.3) is 0 Å². The van der Waals surface area contributed by atoms with Crippen LogP contribution in [-0.4, -0.2) is 36.3 Å². The minimum Gasteiger partial charge on any atom is -0.459 e. The lowest BCUT2D eigenvalue weighted by molar-refractivity contribution is -0.134. The first-order chi connectivity index (χ1) is 11.2. The molecule has 126 valence electrons. The molecule has 0 aromatic carbocycles. The minimum atomic E-state index is -0.217. The Balaban J connectivity index is 1.35. The van der Waals surface area contributed by atoms with Crippen molar-refractivity contribution in [3.8, 4) is 0 Å². The Hall–Kier alpha value is -1.78. The van der Waals surface area contributed by atoms with Crippen molar-refractivity contribution in [2.75, 3.05) is 19.6 Å². The van der Waals surface area contributed by atoms with E-state index in [-0.39, 0.29) is 11.8 Å². The van der Waals surface area contributed by atoms with Crippen molar-refractivity contribution >= 4 is 11.8 Å². The fourth-order valence-corrected chi connectivity index (χ4v) is 3.92. The van der Waals surface area contributed by atoms with Crippen LogP contribution >= 0.6 is 0 Å². The number of hydrogen-bond donors (Lipinski definition) is 1. The zero-order valence-electron chi connectivity index (χ0n) is 13.6. The molecule has 2 fully saturated rings. The number of amides is 2. The van der Waals surface area contributed by atoms with E-state index in [1.54, 1.807) is 12.1 Å². The van der Waals surface area contributed by atoms with Gasteiger partial charge in [0, 0.05) is 26.1 Å². The van der Waals surface area contributed by atoms with E-state index < -0.39 is 0 Å². The number of nitrogens with one attached hydrogen (secondary N) is 1. The van der Waals surface area contributed by atoms with Gasteiger partial charge in [-0.1, -0.05) is 19.3 Å². The summed E-state index contributed by atoms with van der Waals surface area (Å²) in [6, 6.07) is 3.32. The Bertz CT molecular complexity index is 526. The predicted octanol–water partition coefficient (Wildman–Crippen LogP) is 2.83. The molecule has 3 rings (SSSR count). The molecule has 1 aliphatic carbocycles. The van der Waals surface area contributed by atoms with Crippen LogP contribution < -0.4 is 5.32 Å². The zero-order chi connectivity index (χ0) is 16.1. The zero-order valence-corrected chi connectivity index (χ0v) is 13.6. The molecule has 5 heteroatoms. The number of fused-ring (bicyclic) bond motifs is 1. The summed E-state index contributed by atoms with van der Waals surface area (Å²) in [7, 11) is 0. The Labute approximate surface area is 137 Å². The largest absolute Gasteiger partial charge is 0.459 e. The van der Waals surface area contributed by atoms with Gasteiger partial charge in [-0.15, -0.1) is 0 Å². The normalized spacial score (nSPS) is 24.1. The molecule has 2 atom stereocenters. The van der Waals surface area contributed by atoms with E-state index in [4.69, 9.17) is 4.42 Å². The fraction of sp³-hybridized carbons (Fsp3) is 0.667. The second-order valence-corrected chi connectivity index (χ2v) is 6.77. The van der Waals surface area contributed by atoms with E-state index in [2.05, 4.69) is 5.32 Å². The van der Waals surface area contributed by atoms with Crippen molar-refractivity contribution in [3.63, 3.8) is 0 Å². The number of rotatable bonds is 5. The van der Waals surface area contributed by atoms with E-state index in [0.717, 1.165) is 24.9 Å². The summed E-state index contributed by atoms with van der Waals surface area (Å²) in [4.78, 5) is 26.1. The van der Waals surface area contributed by atoms with Gasteiger partial charge in [0.2, 0.25) is 5.91 Å². The average molecular weight is 318 g/mol. The summed E-state index contributed by atoms with van der Waals surface area (Å²) in [5.74, 6) is 1.91. The molecule has 2 amide bonds. The monoisotopic (exact) mass is 318 g/mol. The molecule has 1 aliphatic heterocycles. The van der Waals surface area contributed by atoms with Gasteiger partial charge in [-0.2, -0.15) is 0 Å². The quantitative estimate of drug-likeness (QED) is 0.849. The topological polar surface area (TPSA) is 62.6 Å². The molecule has 2 aliphatic rings. The third-order valence-electron chi connectivity index (χ3n) is 5.24. The van der Waals surface area contributed by atoms with Crippen LogP contribution in [0.2, 0.25) is 0 Å². The lowest BCUT2D eigenvalue weighted by Gasteiger charge is -2.41. The van der Waals surface area contributed by atoms with Crippen LogP contribution in [-0.2, 0) is 4.79 Å². The van der Waals surface area contributed by atoms with Crippen molar-refractivity contribution in [1.82, 2.24) is 10.2 Å². The second kappa shape index (κ2) is 7.66. The third-order valence-corrected chi connectivity index (χ3v) is 5.24. The highest BCUT2D eigenvalue weighted by molar-refractivity contribution is 5.91. The lowest BCUT2D eigenvalue weighted by Crippen LogP contribution is -2.44. The van der Waals surface area contributed by atoms with Crippen molar-refractivity contribution < 1.29 is 14.0 Å². The van der Waals surface area contributed by atoms with Crippen LogP contribution in [0.5, 0.6) is 0 Å². The number of piperidine rings is 1. The van der Waals surface area contributed by atoms with E-state index in [1.165, 1.54) is 38.4 Å². The van der Waals surface area contributed by atoms with Gasteiger partial charge in [0.25, 0.3) is 5.91 Å². The van der Waals surface area contributed by atoms with Gasteiger partial charge in [-0.05, 0) is 43.2 Å². The molecule has 1 N–H and O–H groups in total. The lowest BCUT2D eigenvalue weighted by atomic mass is 9.75. The van der Waals surface area contributed by atoms with Crippen LogP contribution in [0.4, 0.5) is 0 Å². The number of nitrogens with zero attached hydrogens (tertiary/aromatic N) is 1. The molecule has 1 aromatic rings. The highest BCUT2D eigenvalue weighted by Crippen LogP contribution is 2.36. The summed E-state index contributed by atoms with van der Waals surface area (Å²) in [5.41, 5.74) is 0. The van der Waals surface area contributed by atoms with E-state index in [9.17, 15) is 9.59 Å². The van der Waals surface area contributed by atoms with Crippen molar-refractivity contribution in [2.45, 2.75) is 44.9 Å². The fourth-order valence-electron chi connectivity index (χ4n) is 3.92. The van der Waals surface area contributed by atoms with Crippen LogP contribution in [0.1, 0.15) is 55.5 Å². The number of hydrogen-bond acceptors (Lipinski definition) is 3. The molecule has 2 unspecified atom stereocenters. The molecular weight excluding hydrogens is 292 g/mol. The summed E-state index contributed by atoms with van der Waals surface area (Å²) in [6.07, 6.45) is 9.16. The molecule has 1 aromatic heterocycles. The molecule has 1 saturated heterocycles. The maximum atomic E-state index is 12.3. The molecule has 2 heterocycles. The molecule has 0 bridgehead atoms. The number of carbonyl (C=O) groups is 2. The van der Waals surface area contributed by atoms with Crippen molar-refractivity contribution in [2.24, 2.45) is 11.8 Å². The first kappa shape index (κ1) is 16.1. The van der Waals surface area contributed by atoms with Gasteiger partial charge in [0.15, 0.2) is 5.76 Å². The molecular formula is C18H26N2O3. The molecule has 5 nitrogen and oxygen atoms in total. The number of likely N-dealkylation sites (tertiary alicyclic amines) is 1. The van der Waals surface area contributed by atoms with E-state index in [0.29, 0.717) is 25.1 Å². The first-order valence-corrected chi connectivity index (χ1v) is 8.83. The molecule has 23 heavy (non-hydrogen) atoms. The first-order valence-electron chi connectivity index (χ1n) is 8.83. The van der Waals surface area contributed by atoms with E-state index >= 15 is 0 Å². The number of carbonyl (C=O) groups excluding carboxylic acids is 2. The molecule has 0 radical (unpaired) electrons. The maximum absolute atomic E-state index is 12.3. The van der Waals surface area contributed by atoms with Crippen LogP contribution in [0.15, 0.2) is 22.8 Å². The van der Waals surface area contributed by atoms with Crippen LogP contribution in [0, 0.1) is 11.8 Å². The average Bonchev–Trinajstić information content (AvgIpc) is 3.12. The second-order valence-electron chi connectivity index (χ2n) is 6.77. The predicted molar refractivity (Wildman–Crippen MR) is 86.9 cm³/mol. The molecule has 0 spiro atoms. The minimum absolute atomic E-state index is 0.217. The number of furan rings is 1. The highest BCUT2D eigenvalue weighted by atomic mass is 16.3. The van der Waals surface area contributed by atoms with E-state index in [1.807, 2.05) is 4.90 Å². The maximum Gasteiger partial charge on any atom is 0.286 e. The Morgan fingerprint density at radius 2 is 2.04 bits per heavy atom. The van der Waals surface area contributed by atoms with Gasteiger partial charge in [0.05, 0.1) is 6.26 Å². The Morgan fingerprint density at radius 1 is 1.22 bits per heavy atom. The van der Waals surface area contributed by atoms with Crippen molar-refractivity contribution in [3.05, 3.63) is 24.2 Å². The SMILES string of the molecule is O=C(NCCCC(=O)N1CCC2CCCCC2C1)c1ccco1. The van der Waals surface area contributed by atoms with Gasteiger partial charge in [0.1, 0.15) is 0 Å². The molecule has 1 saturated carbocycles. The van der Waals surface area contributed by atoms with Gasteiger partial charge < -0.3 is 14.6 Å². The Morgan fingerprint density at radius 3 is 2.83 bits per heavy atom. The summed E-state index contributed by atoms with van der Waals surface area (Å²) >= 11 is 0. The smallest absolute Gasteiger partial charge is 0.286 e. The third kappa shape index (κ3) is 4.15. The highest BCUT2D eigenvalue weighted by Gasteiger charge is 2.32. The van der Waals surface area contributed by atoms with Crippen LogP contribution in [0.3, 0.4) is 0 Å². The van der Waals surface area contributed by atoms with Gasteiger partial charge in [-0.3, -0.25) is 9.59 Å². The van der Waals surface area contributed by atoms with Crippen molar-refractivity contribution in [1.29, 1.82) is 0 Å². The summed E-state index contributed by atoms with van der Waals surface area (Å²) < 4.78 is 5.03. The Kier molecular flexibility index (Phi) is 5.36. The summed E-state index contributed by atoms with van der Waals surface area (Å²) in [5, 5.41) is 2.79. The van der Waals surface area contributed by atoms with Gasteiger partial charge in [-0.25, -0.2) is 0 Å². The standard InChI is InChI=1S/C18H26N2O3/c21-17(8-3-10-19-18(22)16-7-4-12-23-16)20-11-9-14-5-1-2-6-15(14)13-20/h4,7,12,14-15H,1-3,5-6,8-11,13H2,(H,19,22).